The summed E-state index contributed by atoms with van der Waals surface area (Å²) in [6.07, 6.45) is 2.05. The van der Waals surface area contributed by atoms with E-state index in [1.165, 1.54) is 0 Å². The van der Waals surface area contributed by atoms with Crippen molar-refractivity contribution < 1.29 is 19.4 Å². The second-order valence-electron chi connectivity index (χ2n) is 8.64. The first-order valence-corrected chi connectivity index (χ1v) is 11.1. The van der Waals surface area contributed by atoms with Crippen molar-refractivity contribution >= 4 is 17.7 Å². The van der Waals surface area contributed by atoms with Gasteiger partial charge in [0.05, 0.1) is 5.69 Å². The lowest BCUT2D eigenvalue weighted by Crippen LogP contribution is -2.48. The minimum Gasteiger partial charge on any atom is -0.490 e. The van der Waals surface area contributed by atoms with Crippen molar-refractivity contribution in [3.8, 4) is 11.5 Å². The summed E-state index contributed by atoms with van der Waals surface area (Å²) in [6, 6.07) is 17.9. The Balaban J connectivity index is 1.34. The van der Waals surface area contributed by atoms with E-state index in [1.54, 1.807) is 12.3 Å². The van der Waals surface area contributed by atoms with Gasteiger partial charge in [0, 0.05) is 30.5 Å². The van der Waals surface area contributed by atoms with E-state index >= 15 is 0 Å². The summed E-state index contributed by atoms with van der Waals surface area (Å²) in [5.74, 6) is 1.55. The van der Waals surface area contributed by atoms with Gasteiger partial charge < -0.3 is 19.9 Å². The standard InChI is InChI=1S/C25H26ClN3O4/c1-25(2,16-3-7-20(8-4-16)32-15-18-11-12-27-23(26)28-18)17-5-9-21(10-6-17)33-22-13-19(14-22)29-24(30)31/h3-12,19,22,29H,13-15H2,1-2H3,(H,30,31)/t19-,22-. The van der Waals surface area contributed by atoms with E-state index in [0.717, 1.165) is 28.3 Å². The Kier molecular flexibility index (Phi) is 6.70. The fourth-order valence-corrected chi connectivity index (χ4v) is 4.00. The van der Waals surface area contributed by atoms with Crippen LogP contribution < -0.4 is 14.8 Å². The summed E-state index contributed by atoms with van der Waals surface area (Å²) >= 11 is 5.81. The molecule has 3 aromatic rings. The molecule has 1 aliphatic rings. The summed E-state index contributed by atoms with van der Waals surface area (Å²) in [6.45, 7) is 4.67. The lowest BCUT2D eigenvalue weighted by atomic mass is 9.78. The quantitative estimate of drug-likeness (QED) is 0.441. The molecule has 7 nitrogen and oxygen atoms in total. The molecule has 2 aromatic carbocycles. The number of nitrogens with zero attached hydrogens (tertiary/aromatic N) is 2. The predicted molar refractivity (Wildman–Crippen MR) is 125 cm³/mol. The Morgan fingerprint density at radius 3 is 2.24 bits per heavy atom. The molecule has 0 aliphatic heterocycles. The van der Waals surface area contributed by atoms with Gasteiger partial charge in [0.15, 0.2) is 0 Å². The number of aromatic nitrogens is 2. The van der Waals surface area contributed by atoms with Gasteiger partial charge in [0.1, 0.15) is 24.2 Å². The first-order chi connectivity index (χ1) is 15.8. The van der Waals surface area contributed by atoms with E-state index in [1.807, 2.05) is 24.3 Å². The van der Waals surface area contributed by atoms with Gasteiger partial charge in [-0.25, -0.2) is 14.8 Å². The maximum atomic E-state index is 10.7. The number of hydrogen-bond acceptors (Lipinski definition) is 5. The normalized spacial score (nSPS) is 17.7. The molecule has 1 amide bonds. The van der Waals surface area contributed by atoms with Crippen molar-refractivity contribution in [3.63, 3.8) is 0 Å². The molecule has 0 saturated heterocycles. The predicted octanol–water partition coefficient (Wildman–Crippen LogP) is 5.21. The summed E-state index contributed by atoms with van der Waals surface area (Å²) in [4.78, 5) is 18.7. The molecule has 172 valence electrons. The Morgan fingerprint density at radius 2 is 1.67 bits per heavy atom. The molecule has 0 atom stereocenters. The lowest BCUT2D eigenvalue weighted by molar-refractivity contribution is 0.0833. The zero-order valence-electron chi connectivity index (χ0n) is 18.5. The fraction of sp³-hybridized carbons (Fsp3) is 0.320. The Morgan fingerprint density at radius 1 is 1.06 bits per heavy atom. The second-order valence-corrected chi connectivity index (χ2v) is 8.98. The van der Waals surface area contributed by atoms with Crippen LogP contribution in [0.25, 0.3) is 0 Å². The number of amides is 1. The molecule has 0 spiro atoms. The van der Waals surface area contributed by atoms with Gasteiger partial charge in [-0.2, -0.15) is 0 Å². The van der Waals surface area contributed by atoms with Crippen LogP contribution in [0.15, 0.2) is 60.8 Å². The number of halogens is 1. The molecule has 1 saturated carbocycles. The van der Waals surface area contributed by atoms with Crippen molar-refractivity contribution in [3.05, 3.63) is 82.9 Å². The zero-order valence-corrected chi connectivity index (χ0v) is 19.2. The molecule has 0 bridgehead atoms. The lowest BCUT2D eigenvalue weighted by Gasteiger charge is -2.35. The number of hydrogen-bond donors (Lipinski definition) is 2. The summed E-state index contributed by atoms with van der Waals surface area (Å²) in [5, 5.41) is 11.4. The molecule has 2 N–H and O–H groups in total. The highest BCUT2D eigenvalue weighted by molar-refractivity contribution is 6.28. The average molecular weight is 468 g/mol. The maximum absolute atomic E-state index is 10.7. The topological polar surface area (TPSA) is 93.6 Å². The Bertz CT molecular complexity index is 1100. The van der Waals surface area contributed by atoms with Crippen LogP contribution in [0.1, 0.15) is 43.5 Å². The fourth-order valence-electron chi connectivity index (χ4n) is 3.84. The van der Waals surface area contributed by atoms with E-state index in [-0.39, 0.29) is 22.8 Å². The van der Waals surface area contributed by atoms with Gasteiger partial charge in [0.2, 0.25) is 5.28 Å². The Labute approximate surface area is 197 Å². The first-order valence-electron chi connectivity index (χ1n) is 10.8. The smallest absolute Gasteiger partial charge is 0.404 e. The van der Waals surface area contributed by atoms with E-state index in [0.29, 0.717) is 19.4 Å². The number of nitrogens with one attached hydrogen (secondary N) is 1. The van der Waals surface area contributed by atoms with E-state index < -0.39 is 6.09 Å². The molecule has 1 aromatic heterocycles. The van der Waals surface area contributed by atoms with Crippen molar-refractivity contribution in [2.45, 2.75) is 50.9 Å². The minimum atomic E-state index is -0.986. The van der Waals surface area contributed by atoms with Crippen molar-refractivity contribution in [2.24, 2.45) is 0 Å². The molecule has 4 rings (SSSR count). The zero-order chi connectivity index (χ0) is 23.4. The number of rotatable bonds is 8. The highest BCUT2D eigenvalue weighted by atomic mass is 35.5. The van der Waals surface area contributed by atoms with Crippen LogP contribution in [0.2, 0.25) is 5.28 Å². The number of carbonyl (C=O) groups is 1. The van der Waals surface area contributed by atoms with Crippen LogP contribution in [0.5, 0.6) is 11.5 Å². The van der Waals surface area contributed by atoms with Gasteiger partial charge in [-0.3, -0.25) is 0 Å². The monoisotopic (exact) mass is 467 g/mol. The summed E-state index contributed by atoms with van der Waals surface area (Å²) in [7, 11) is 0. The third-order valence-corrected chi connectivity index (χ3v) is 6.13. The van der Waals surface area contributed by atoms with Crippen LogP contribution >= 0.6 is 11.6 Å². The molecular formula is C25H26ClN3O4. The van der Waals surface area contributed by atoms with Crippen LogP contribution in [0.3, 0.4) is 0 Å². The third kappa shape index (κ3) is 5.73. The molecule has 1 aliphatic carbocycles. The van der Waals surface area contributed by atoms with Gasteiger partial charge >= 0.3 is 6.09 Å². The average Bonchev–Trinajstić information content (AvgIpc) is 2.77. The number of benzene rings is 2. The van der Waals surface area contributed by atoms with Crippen LogP contribution in [0, 0.1) is 0 Å². The third-order valence-electron chi connectivity index (χ3n) is 5.95. The van der Waals surface area contributed by atoms with E-state index in [4.69, 9.17) is 26.2 Å². The van der Waals surface area contributed by atoms with Gasteiger partial charge in [-0.15, -0.1) is 0 Å². The largest absolute Gasteiger partial charge is 0.490 e. The highest BCUT2D eigenvalue weighted by Crippen LogP contribution is 2.34. The Hall–Kier alpha value is -3.32. The summed E-state index contributed by atoms with van der Waals surface area (Å²) in [5.41, 5.74) is 2.84. The first kappa shape index (κ1) is 22.9. The number of carboxylic acid groups (broad SMARTS) is 1. The molecule has 1 fully saturated rings. The van der Waals surface area contributed by atoms with Gasteiger partial charge in [-0.1, -0.05) is 38.1 Å². The molecule has 0 radical (unpaired) electrons. The van der Waals surface area contributed by atoms with E-state index in [9.17, 15) is 4.79 Å². The van der Waals surface area contributed by atoms with Crippen molar-refractivity contribution in [2.75, 3.05) is 0 Å². The van der Waals surface area contributed by atoms with Crippen molar-refractivity contribution in [1.82, 2.24) is 15.3 Å². The van der Waals surface area contributed by atoms with Crippen molar-refractivity contribution in [1.29, 1.82) is 0 Å². The molecule has 0 unspecified atom stereocenters. The highest BCUT2D eigenvalue weighted by Gasteiger charge is 2.32. The molecular weight excluding hydrogens is 442 g/mol. The summed E-state index contributed by atoms with van der Waals surface area (Å²) < 4.78 is 11.8. The van der Waals surface area contributed by atoms with Crippen LogP contribution in [0.4, 0.5) is 4.79 Å². The van der Waals surface area contributed by atoms with Gasteiger partial charge in [0.25, 0.3) is 0 Å². The SMILES string of the molecule is CC(C)(c1ccc(OCc2ccnc(Cl)n2)cc1)c1ccc(O[C@H]2C[C@H](NC(=O)O)C2)cc1. The molecule has 33 heavy (non-hydrogen) atoms. The minimum absolute atomic E-state index is 0.0172. The molecule has 8 heteroatoms. The van der Waals surface area contributed by atoms with E-state index in [2.05, 4.69) is 53.4 Å². The molecule has 1 heterocycles. The van der Waals surface area contributed by atoms with Crippen LogP contribution in [-0.2, 0) is 12.0 Å². The van der Waals surface area contributed by atoms with Crippen LogP contribution in [-0.4, -0.2) is 33.3 Å². The van der Waals surface area contributed by atoms with Gasteiger partial charge in [-0.05, 0) is 53.1 Å². The maximum Gasteiger partial charge on any atom is 0.404 e. The number of ether oxygens (including phenoxy) is 2. The second kappa shape index (κ2) is 9.67.